The quantitative estimate of drug-likeness (QED) is 0.760. The predicted molar refractivity (Wildman–Crippen MR) is 110 cm³/mol. The summed E-state index contributed by atoms with van der Waals surface area (Å²) >= 11 is 0. The number of rotatable bonds is 8. The highest BCUT2D eigenvalue weighted by Gasteiger charge is 2.26. The Hall–Kier alpha value is -2.24. The summed E-state index contributed by atoms with van der Waals surface area (Å²) in [6.07, 6.45) is 1.15. The number of benzene rings is 2. The summed E-state index contributed by atoms with van der Waals surface area (Å²) in [6.45, 7) is 6.16. The van der Waals surface area contributed by atoms with Gasteiger partial charge in [-0.1, -0.05) is 48.5 Å². The monoisotopic (exact) mass is 383 g/mol. The lowest BCUT2D eigenvalue weighted by atomic mass is 10.1. The first-order valence-corrected chi connectivity index (χ1v) is 10.0. The van der Waals surface area contributed by atoms with Crippen molar-refractivity contribution in [1.29, 1.82) is 0 Å². The van der Waals surface area contributed by atoms with E-state index in [9.17, 15) is 9.18 Å². The second-order valence-electron chi connectivity index (χ2n) is 7.80. The fourth-order valence-corrected chi connectivity index (χ4v) is 3.78. The largest absolute Gasteiger partial charge is 0.351 e. The Morgan fingerprint density at radius 2 is 1.93 bits per heavy atom. The maximum atomic E-state index is 13.7. The number of hydrogen-bond acceptors (Lipinski definition) is 3. The van der Waals surface area contributed by atoms with Crippen molar-refractivity contribution >= 4 is 5.91 Å². The van der Waals surface area contributed by atoms with E-state index in [2.05, 4.69) is 39.4 Å². The van der Waals surface area contributed by atoms with Crippen molar-refractivity contribution in [3.05, 3.63) is 71.5 Å². The van der Waals surface area contributed by atoms with Crippen LogP contribution in [0.2, 0.25) is 0 Å². The van der Waals surface area contributed by atoms with Crippen molar-refractivity contribution in [3.63, 3.8) is 0 Å². The molecule has 0 aromatic heterocycles. The van der Waals surface area contributed by atoms with E-state index in [1.54, 1.807) is 18.2 Å². The van der Waals surface area contributed by atoms with Gasteiger partial charge in [-0.15, -0.1) is 0 Å². The molecule has 2 atom stereocenters. The Morgan fingerprint density at radius 3 is 2.68 bits per heavy atom. The molecular formula is C23H30FN3O. The molecule has 2 aromatic rings. The number of likely N-dealkylation sites (N-methyl/N-ethyl adjacent to an activating group) is 1. The summed E-state index contributed by atoms with van der Waals surface area (Å²) < 4.78 is 13.7. The molecule has 1 saturated heterocycles. The fourth-order valence-electron chi connectivity index (χ4n) is 3.78. The highest BCUT2D eigenvalue weighted by Crippen LogP contribution is 2.20. The molecule has 3 rings (SSSR count). The molecule has 0 bridgehead atoms. The third kappa shape index (κ3) is 5.63. The van der Waals surface area contributed by atoms with Crippen LogP contribution in [-0.2, 0) is 17.9 Å². The van der Waals surface area contributed by atoms with E-state index in [0.717, 1.165) is 32.6 Å². The van der Waals surface area contributed by atoms with Crippen LogP contribution in [0.4, 0.5) is 4.39 Å². The fraction of sp³-hybridized carbons (Fsp3) is 0.435. The standard InChI is InChI=1S/C23H30FN3O/c1-18(23(28)25-14-21-10-6-7-11-22(21)24)26(2)15-20-12-13-27(17-20)16-19-8-4-3-5-9-19/h3-11,18,20H,12-17H2,1-2H3,(H,25,28)/t18-,20+/m1/s1. The predicted octanol–water partition coefficient (Wildman–Crippen LogP) is 3.28. The van der Waals surface area contributed by atoms with Crippen LogP contribution in [0.15, 0.2) is 54.6 Å². The van der Waals surface area contributed by atoms with Crippen molar-refractivity contribution in [2.24, 2.45) is 5.92 Å². The highest BCUT2D eigenvalue weighted by atomic mass is 19.1. The number of carbonyl (C=O) groups is 1. The SMILES string of the molecule is C[C@H](C(=O)NCc1ccccc1F)N(C)C[C@@H]1CCN(Cc2ccccc2)C1. The Bertz CT molecular complexity index is 767. The van der Waals surface area contributed by atoms with Gasteiger partial charge in [-0.2, -0.15) is 0 Å². The van der Waals surface area contributed by atoms with Crippen molar-refractivity contribution in [3.8, 4) is 0 Å². The molecule has 1 aliphatic heterocycles. The van der Waals surface area contributed by atoms with Gasteiger partial charge >= 0.3 is 0 Å². The minimum Gasteiger partial charge on any atom is -0.351 e. The minimum atomic E-state index is -0.284. The summed E-state index contributed by atoms with van der Waals surface area (Å²) in [7, 11) is 1.99. The molecule has 0 unspecified atom stereocenters. The van der Waals surface area contributed by atoms with Crippen LogP contribution < -0.4 is 5.32 Å². The van der Waals surface area contributed by atoms with Gasteiger partial charge in [-0.3, -0.25) is 14.6 Å². The molecule has 1 fully saturated rings. The average Bonchev–Trinajstić information content (AvgIpc) is 3.14. The van der Waals surface area contributed by atoms with E-state index in [4.69, 9.17) is 0 Å². The Morgan fingerprint density at radius 1 is 1.21 bits per heavy atom. The highest BCUT2D eigenvalue weighted by molar-refractivity contribution is 5.81. The number of halogens is 1. The van der Waals surface area contributed by atoms with E-state index in [1.807, 2.05) is 20.0 Å². The van der Waals surface area contributed by atoms with E-state index < -0.39 is 0 Å². The van der Waals surface area contributed by atoms with Gasteiger partial charge in [-0.05, 0) is 44.5 Å². The first-order valence-electron chi connectivity index (χ1n) is 10.0. The Balaban J connectivity index is 1.43. The molecule has 1 amide bonds. The molecule has 1 N–H and O–H groups in total. The zero-order valence-corrected chi connectivity index (χ0v) is 16.8. The van der Waals surface area contributed by atoms with Crippen LogP contribution in [0.5, 0.6) is 0 Å². The van der Waals surface area contributed by atoms with Crippen molar-refractivity contribution < 1.29 is 9.18 Å². The smallest absolute Gasteiger partial charge is 0.237 e. The lowest BCUT2D eigenvalue weighted by Crippen LogP contribution is -2.45. The zero-order valence-electron chi connectivity index (χ0n) is 16.8. The van der Waals surface area contributed by atoms with Crippen molar-refractivity contribution in [2.75, 3.05) is 26.7 Å². The van der Waals surface area contributed by atoms with E-state index >= 15 is 0 Å². The van der Waals surface area contributed by atoms with Crippen LogP contribution in [0, 0.1) is 11.7 Å². The number of amides is 1. The molecule has 1 aliphatic rings. The van der Waals surface area contributed by atoms with E-state index in [1.165, 1.54) is 11.6 Å². The van der Waals surface area contributed by atoms with Crippen LogP contribution in [0.3, 0.4) is 0 Å². The molecule has 5 heteroatoms. The van der Waals surface area contributed by atoms with Gasteiger partial charge in [0.2, 0.25) is 5.91 Å². The molecule has 2 aromatic carbocycles. The molecule has 28 heavy (non-hydrogen) atoms. The summed E-state index contributed by atoms with van der Waals surface area (Å²) in [5.74, 6) is 0.216. The van der Waals surface area contributed by atoms with Gasteiger partial charge in [0, 0.05) is 31.7 Å². The first kappa shape index (κ1) is 20.5. The van der Waals surface area contributed by atoms with Crippen molar-refractivity contribution in [2.45, 2.75) is 32.5 Å². The minimum absolute atomic E-state index is 0.0649. The molecule has 150 valence electrons. The number of nitrogens with zero attached hydrogens (tertiary/aromatic N) is 2. The normalized spacial score (nSPS) is 18.4. The Kier molecular flexibility index (Phi) is 7.18. The van der Waals surface area contributed by atoms with Gasteiger partial charge in [0.05, 0.1) is 6.04 Å². The molecule has 0 aliphatic carbocycles. The third-order valence-corrected chi connectivity index (χ3v) is 5.62. The van der Waals surface area contributed by atoms with E-state index in [0.29, 0.717) is 11.5 Å². The van der Waals surface area contributed by atoms with Gasteiger partial charge in [0.1, 0.15) is 5.82 Å². The summed E-state index contributed by atoms with van der Waals surface area (Å²) in [6, 6.07) is 16.8. The van der Waals surface area contributed by atoms with Crippen LogP contribution in [-0.4, -0.2) is 48.4 Å². The Labute approximate surface area is 167 Å². The second kappa shape index (κ2) is 9.80. The van der Waals surface area contributed by atoms with Gasteiger partial charge < -0.3 is 5.32 Å². The van der Waals surface area contributed by atoms with Gasteiger partial charge in [0.25, 0.3) is 0 Å². The van der Waals surface area contributed by atoms with E-state index in [-0.39, 0.29) is 24.3 Å². The second-order valence-corrected chi connectivity index (χ2v) is 7.80. The molecule has 1 heterocycles. The number of nitrogens with one attached hydrogen (secondary N) is 1. The number of likely N-dealkylation sites (tertiary alicyclic amines) is 1. The summed E-state index contributed by atoms with van der Waals surface area (Å²) in [4.78, 5) is 17.1. The zero-order chi connectivity index (χ0) is 19.9. The molecule has 4 nitrogen and oxygen atoms in total. The third-order valence-electron chi connectivity index (χ3n) is 5.62. The van der Waals surface area contributed by atoms with Crippen molar-refractivity contribution in [1.82, 2.24) is 15.1 Å². The average molecular weight is 384 g/mol. The van der Waals surface area contributed by atoms with Gasteiger partial charge in [0.15, 0.2) is 0 Å². The topological polar surface area (TPSA) is 35.6 Å². The first-order chi connectivity index (χ1) is 13.5. The summed E-state index contributed by atoms with van der Waals surface area (Å²) in [5, 5.41) is 2.86. The maximum absolute atomic E-state index is 13.7. The molecule has 0 radical (unpaired) electrons. The lowest BCUT2D eigenvalue weighted by Gasteiger charge is -2.27. The maximum Gasteiger partial charge on any atom is 0.237 e. The van der Waals surface area contributed by atoms with Gasteiger partial charge in [-0.25, -0.2) is 4.39 Å². The lowest BCUT2D eigenvalue weighted by molar-refractivity contribution is -0.125. The number of carbonyl (C=O) groups excluding carboxylic acids is 1. The molecule has 0 spiro atoms. The van der Waals surface area contributed by atoms with Crippen LogP contribution >= 0.6 is 0 Å². The summed E-state index contributed by atoms with van der Waals surface area (Å²) in [5.41, 5.74) is 1.86. The van der Waals surface area contributed by atoms with Crippen LogP contribution in [0.1, 0.15) is 24.5 Å². The molecular weight excluding hydrogens is 353 g/mol. The number of hydrogen-bond donors (Lipinski definition) is 1. The molecule has 0 saturated carbocycles. The van der Waals surface area contributed by atoms with Crippen LogP contribution in [0.25, 0.3) is 0 Å².